The number of hydrogen-bond donors (Lipinski definition) is 1. The number of rotatable bonds is 4. The number of Topliss-reactive ketones (excluding diaryl/α,β-unsaturated/α-hetero) is 1. The highest BCUT2D eigenvalue weighted by Crippen LogP contribution is 2.29. The molecule has 0 atom stereocenters. The van der Waals surface area contributed by atoms with Gasteiger partial charge in [-0.2, -0.15) is 0 Å². The first-order chi connectivity index (χ1) is 10.8. The minimum atomic E-state index is 0.250. The van der Waals surface area contributed by atoms with Gasteiger partial charge in [-0.1, -0.05) is 30.3 Å². The molecule has 2 aromatic rings. The van der Waals surface area contributed by atoms with Gasteiger partial charge in [-0.3, -0.25) is 4.79 Å². The van der Waals surface area contributed by atoms with Crippen molar-refractivity contribution in [1.29, 1.82) is 0 Å². The zero-order valence-electron chi connectivity index (χ0n) is 12.4. The Balaban J connectivity index is 1.76. The molecule has 3 rings (SSSR count). The maximum absolute atomic E-state index is 11.9. The van der Waals surface area contributed by atoms with E-state index in [1.807, 2.05) is 60.8 Å². The smallest absolute Gasteiger partial charge is 0.160 e. The van der Waals surface area contributed by atoms with Crippen LogP contribution in [0.3, 0.4) is 0 Å². The minimum absolute atomic E-state index is 0.250. The number of para-hydroxylation sites is 3. The van der Waals surface area contributed by atoms with Crippen LogP contribution in [0.15, 0.2) is 66.4 Å². The summed E-state index contributed by atoms with van der Waals surface area (Å²) in [5.74, 6) is 1.78. The lowest BCUT2D eigenvalue weighted by Crippen LogP contribution is -2.10. The minimum Gasteiger partial charge on any atom is -0.455 e. The molecule has 112 valence electrons. The Kier molecular flexibility index (Phi) is 4.54. The standard InChI is InChI=1S/C19H19NO2/c21-18-12-6-4-8-15(18)14-20-17-11-5-7-13-19(17)22-16-9-2-1-3-10-16/h1-3,5,7,9-11,13-14,20H,4,6,8,12H2/b15-14-. The number of carbonyl (C=O) groups is 1. The highest BCUT2D eigenvalue weighted by atomic mass is 16.5. The third-order valence-electron chi connectivity index (χ3n) is 3.72. The van der Waals surface area contributed by atoms with Gasteiger partial charge in [0.2, 0.25) is 0 Å². The number of ketones is 1. The molecule has 1 aliphatic rings. The fourth-order valence-corrected chi connectivity index (χ4v) is 2.51. The van der Waals surface area contributed by atoms with Crippen molar-refractivity contribution in [3.8, 4) is 11.5 Å². The van der Waals surface area contributed by atoms with Gasteiger partial charge in [0.15, 0.2) is 11.5 Å². The molecule has 0 spiro atoms. The quantitative estimate of drug-likeness (QED) is 0.813. The molecule has 3 heteroatoms. The molecule has 3 nitrogen and oxygen atoms in total. The summed E-state index contributed by atoms with van der Waals surface area (Å²) < 4.78 is 5.90. The van der Waals surface area contributed by atoms with Crippen molar-refractivity contribution in [1.82, 2.24) is 0 Å². The van der Waals surface area contributed by atoms with Crippen molar-refractivity contribution in [3.63, 3.8) is 0 Å². The Morgan fingerprint density at radius 3 is 2.45 bits per heavy atom. The number of nitrogens with one attached hydrogen (secondary N) is 1. The summed E-state index contributed by atoms with van der Waals surface area (Å²) in [7, 11) is 0. The molecule has 0 heterocycles. The highest BCUT2D eigenvalue weighted by Gasteiger charge is 2.14. The van der Waals surface area contributed by atoms with E-state index in [1.54, 1.807) is 0 Å². The van der Waals surface area contributed by atoms with Gasteiger partial charge in [-0.25, -0.2) is 0 Å². The number of carbonyl (C=O) groups excluding carboxylic acids is 1. The Bertz CT molecular complexity index is 677. The molecule has 1 fully saturated rings. The van der Waals surface area contributed by atoms with Crippen molar-refractivity contribution < 1.29 is 9.53 Å². The molecule has 0 amide bonds. The van der Waals surface area contributed by atoms with Crippen LogP contribution < -0.4 is 10.1 Å². The largest absolute Gasteiger partial charge is 0.455 e. The maximum atomic E-state index is 11.9. The van der Waals surface area contributed by atoms with Crippen molar-refractivity contribution >= 4 is 11.5 Å². The first-order valence-electron chi connectivity index (χ1n) is 7.63. The van der Waals surface area contributed by atoms with Gasteiger partial charge in [-0.15, -0.1) is 0 Å². The zero-order valence-corrected chi connectivity index (χ0v) is 12.4. The molecule has 2 aromatic carbocycles. The molecule has 0 bridgehead atoms. The lowest BCUT2D eigenvalue weighted by atomic mass is 9.94. The van der Waals surface area contributed by atoms with Crippen LogP contribution in [-0.2, 0) is 4.79 Å². The Morgan fingerprint density at radius 2 is 1.64 bits per heavy atom. The van der Waals surface area contributed by atoms with E-state index < -0.39 is 0 Å². The first kappa shape index (κ1) is 14.4. The Labute approximate surface area is 130 Å². The second kappa shape index (κ2) is 6.94. The van der Waals surface area contributed by atoms with E-state index in [0.717, 1.165) is 42.0 Å². The van der Waals surface area contributed by atoms with Crippen molar-refractivity contribution in [2.24, 2.45) is 0 Å². The molecule has 0 aliphatic heterocycles. The van der Waals surface area contributed by atoms with Crippen LogP contribution in [0.5, 0.6) is 11.5 Å². The van der Waals surface area contributed by atoms with E-state index in [4.69, 9.17) is 4.74 Å². The van der Waals surface area contributed by atoms with Gasteiger partial charge in [0.1, 0.15) is 5.75 Å². The predicted octanol–water partition coefficient (Wildman–Crippen LogP) is 4.92. The van der Waals surface area contributed by atoms with Crippen LogP contribution in [0.1, 0.15) is 25.7 Å². The SMILES string of the molecule is O=C1CCCC/C1=C/Nc1ccccc1Oc1ccccc1. The van der Waals surface area contributed by atoms with Crippen molar-refractivity contribution in [3.05, 3.63) is 66.4 Å². The van der Waals surface area contributed by atoms with Crippen LogP contribution in [0.2, 0.25) is 0 Å². The number of anilines is 1. The van der Waals surface area contributed by atoms with E-state index >= 15 is 0 Å². The van der Waals surface area contributed by atoms with Gasteiger partial charge in [0.25, 0.3) is 0 Å². The first-order valence-corrected chi connectivity index (χ1v) is 7.63. The molecule has 0 aromatic heterocycles. The Hall–Kier alpha value is -2.55. The summed E-state index contributed by atoms with van der Waals surface area (Å²) in [6.07, 6.45) is 5.43. The third kappa shape index (κ3) is 3.55. The van der Waals surface area contributed by atoms with Crippen molar-refractivity contribution in [2.45, 2.75) is 25.7 Å². The molecule has 22 heavy (non-hydrogen) atoms. The van der Waals surface area contributed by atoms with E-state index in [-0.39, 0.29) is 5.78 Å². The normalized spacial score (nSPS) is 16.5. The van der Waals surface area contributed by atoms with Crippen molar-refractivity contribution in [2.75, 3.05) is 5.32 Å². The summed E-state index contributed by atoms with van der Waals surface area (Å²) in [6.45, 7) is 0. The summed E-state index contributed by atoms with van der Waals surface area (Å²) >= 11 is 0. The summed E-state index contributed by atoms with van der Waals surface area (Å²) in [6, 6.07) is 17.4. The third-order valence-corrected chi connectivity index (χ3v) is 3.72. The molecule has 0 radical (unpaired) electrons. The summed E-state index contributed by atoms with van der Waals surface area (Å²) in [4.78, 5) is 11.9. The molecule has 1 N–H and O–H groups in total. The van der Waals surface area contributed by atoms with Gasteiger partial charge in [-0.05, 0) is 43.5 Å². The predicted molar refractivity (Wildman–Crippen MR) is 88.1 cm³/mol. The van der Waals surface area contributed by atoms with Gasteiger partial charge in [0, 0.05) is 18.2 Å². The van der Waals surface area contributed by atoms with Crippen LogP contribution in [0.4, 0.5) is 5.69 Å². The van der Waals surface area contributed by atoms with Crippen LogP contribution in [0.25, 0.3) is 0 Å². The van der Waals surface area contributed by atoms with E-state index in [9.17, 15) is 4.79 Å². The molecule has 1 aliphatic carbocycles. The molecular weight excluding hydrogens is 274 g/mol. The molecular formula is C19H19NO2. The van der Waals surface area contributed by atoms with Gasteiger partial charge in [0.05, 0.1) is 5.69 Å². The topological polar surface area (TPSA) is 38.3 Å². The summed E-state index contributed by atoms with van der Waals surface area (Å²) in [5.41, 5.74) is 1.73. The lowest BCUT2D eigenvalue weighted by Gasteiger charge is -2.14. The molecule has 0 saturated heterocycles. The number of benzene rings is 2. The lowest BCUT2D eigenvalue weighted by molar-refractivity contribution is -0.116. The second-order valence-corrected chi connectivity index (χ2v) is 5.36. The van der Waals surface area contributed by atoms with Crippen LogP contribution in [-0.4, -0.2) is 5.78 Å². The van der Waals surface area contributed by atoms with Crippen LogP contribution >= 0.6 is 0 Å². The average Bonchev–Trinajstić information content (AvgIpc) is 2.56. The average molecular weight is 293 g/mol. The fraction of sp³-hybridized carbons (Fsp3) is 0.211. The monoisotopic (exact) mass is 293 g/mol. The van der Waals surface area contributed by atoms with Gasteiger partial charge < -0.3 is 10.1 Å². The van der Waals surface area contributed by atoms with E-state index in [2.05, 4.69) is 5.32 Å². The fourth-order valence-electron chi connectivity index (χ4n) is 2.51. The van der Waals surface area contributed by atoms with E-state index in [1.165, 1.54) is 0 Å². The van der Waals surface area contributed by atoms with Gasteiger partial charge >= 0.3 is 0 Å². The second-order valence-electron chi connectivity index (χ2n) is 5.36. The molecule has 0 unspecified atom stereocenters. The summed E-state index contributed by atoms with van der Waals surface area (Å²) in [5, 5.41) is 3.23. The maximum Gasteiger partial charge on any atom is 0.160 e. The number of allylic oxidation sites excluding steroid dienone is 1. The Morgan fingerprint density at radius 1 is 0.909 bits per heavy atom. The highest BCUT2D eigenvalue weighted by molar-refractivity contribution is 5.96. The number of hydrogen-bond acceptors (Lipinski definition) is 3. The van der Waals surface area contributed by atoms with Crippen LogP contribution in [0, 0.1) is 0 Å². The zero-order chi connectivity index (χ0) is 15.2. The molecule has 1 saturated carbocycles. The number of ether oxygens (including phenoxy) is 1. The van der Waals surface area contributed by atoms with E-state index in [0.29, 0.717) is 6.42 Å².